The summed E-state index contributed by atoms with van der Waals surface area (Å²) in [5.41, 5.74) is 0.700. The predicted molar refractivity (Wildman–Crippen MR) is 64.6 cm³/mol. The lowest BCUT2D eigenvalue weighted by Gasteiger charge is -2.07. The normalized spacial score (nSPS) is 12.6. The van der Waals surface area contributed by atoms with Crippen LogP contribution in [-0.4, -0.2) is 22.2 Å². The lowest BCUT2D eigenvalue weighted by molar-refractivity contribution is 0.415. The highest BCUT2D eigenvalue weighted by atomic mass is 35.5. The maximum absolute atomic E-state index is 6.01. The first-order chi connectivity index (χ1) is 8.26. The summed E-state index contributed by atoms with van der Waals surface area (Å²) >= 11 is 6.01. The van der Waals surface area contributed by atoms with Crippen molar-refractivity contribution in [1.82, 2.24) is 20.5 Å². The molecule has 2 aromatic rings. The van der Waals surface area contributed by atoms with Crippen molar-refractivity contribution in [1.29, 1.82) is 0 Å². The summed E-state index contributed by atoms with van der Waals surface area (Å²) in [5.74, 6) is 0.985. The van der Waals surface area contributed by atoms with E-state index >= 15 is 0 Å². The number of pyridine rings is 1. The first-order valence-electron chi connectivity index (χ1n) is 5.36. The van der Waals surface area contributed by atoms with Crippen molar-refractivity contribution >= 4 is 11.6 Å². The van der Waals surface area contributed by atoms with E-state index in [1.807, 2.05) is 14.0 Å². The average Bonchev–Trinajstić information content (AvgIpc) is 2.81. The van der Waals surface area contributed by atoms with Crippen LogP contribution >= 0.6 is 11.6 Å². The molecule has 1 atom stereocenters. The van der Waals surface area contributed by atoms with Crippen molar-refractivity contribution in [2.24, 2.45) is 0 Å². The molecule has 0 bridgehead atoms. The minimum atomic E-state index is 0.0665. The average molecular weight is 253 g/mol. The zero-order valence-electron chi connectivity index (χ0n) is 9.64. The third kappa shape index (κ3) is 2.45. The molecule has 0 aliphatic heterocycles. The summed E-state index contributed by atoms with van der Waals surface area (Å²) in [6.45, 7) is 2.05. The Kier molecular flexibility index (Phi) is 3.71. The van der Waals surface area contributed by atoms with Crippen LogP contribution in [0.2, 0.25) is 5.02 Å². The van der Waals surface area contributed by atoms with E-state index in [0.29, 0.717) is 22.4 Å². The van der Waals surface area contributed by atoms with Crippen molar-refractivity contribution in [2.45, 2.75) is 19.4 Å². The largest absolute Gasteiger partial charge is 0.419 e. The second-order valence-electron chi connectivity index (χ2n) is 3.55. The minimum Gasteiger partial charge on any atom is -0.419 e. The van der Waals surface area contributed by atoms with Gasteiger partial charge in [0.25, 0.3) is 0 Å². The Hall–Kier alpha value is -1.46. The molecule has 1 N–H and O–H groups in total. The van der Waals surface area contributed by atoms with Crippen LogP contribution in [-0.2, 0) is 0 Å². The van der Waals surface area contributed by atoms with Gasteiger partial charge in [-0.05, 0) is 19.5 Å². The molecule has 17 heavy (non-hydrogen) atoms. The summed E-state index contributed by atoms with van der Waals surface area (Å²) in [5, 5.41) is 11.6. The third-order valence-electron chi connectivity index (χ3n) is 2.50. The Balaban J connectivity index is 2.33. The molecule has 5 nitrogen and oxygen atoms in total. The molecule has 0 saturated heterocycles. The maximum Gasteiger partial charge on any atom is 0.249 e. The maximum atomic E-state index is 6.01. The van der Waals surface area contributed by atoms with Gasteiger partial charge in [0, 0.05) is 12.4 Å². The van der Waals surface area contributed by atoms with Crippen molar-refractivity contribution in [3.8, 4) is 11.5 Å². The molecule has 0 amide bonds. The molecule has 1 unspecified atom stereocenters. The third-order valence-corrected chi connectivity index (χ3v) is 2.80. The number of nitrogens with one attached hydrogen (secondary N) is 1. The molecule has 0 spiro atoms. The quantitative estimate of drug-likeness (QED) is 0.906. The first kappa shape index (κ1) is 12.0. The highest BCUT2D eigenvalue weighted by Gasteiger charge is 2.17. The lowest BCUT2D eigenvalue weighted by atomic mass is 10.2. The number of rotatable bonds is 4. The van der Waals surface area contributed by atoms with E-state index in [9.17, 15) is 0 Å². The van der Waals surface area contributed by atoms with Gasteiger partial charge in [0.2, 0.25) is 11.8 Å². The van der Waals surface area contributed by atoms with Gasteiger partial charge >= 0.3 is 0 Å². The molecule has 0 aliphatic rings. The molecular formula is C11H13ClN4O. The molecule has 2 heterocycles. The van der Waals surface area contributed by atoms with Crippen LogP contribution in [0.5, 0.6) is 0 Å². The van der Waals surface area contributed by atoms with E-state index < -0.39 is 0 Å². The highest BCUT2D eigenvalue weighted by molar-refractivity contribution is 6.32. The topological polar surface area (TPSA) is 63.8 Å². The Morgan fingerprint density at radius 3 is 2.94 bits per heavy atom. The molecule has 6 heteroatoms. The van der Waals surface area contributed by atoms with Gasteiger partial charge in [-0.2, -0.15) is 0 Å². The van der Waals surface area contributed by atoms with E-state index in [-0.39, 0.29) is 6.04 Å². The lowest BCUT2D eigenvalue weighted by Crippen LogP contribution is -2.15. The van der Waals surface area contributed by atoms with Gasteiger partial charge in [-0.15, -0.1) is 10.2 Å². The number of nitrogens with zero attached hydrogens (tertiary/aromatic N) is 3. The molecule has 2 aromatic heterocycles. The van der Waals surface area contributed by atoms with Crippen LogP contribution in [0, 0.1) is 0 Å². The van der Waals surface area contributed by atoms with Gasteiger partial charge in [0.1, 0.15) is 0 Å². The molecule has 0 fully saturated rings. The van der Waals surface area contributed by atoms with Crippen LogP contribution in [0.25, 0.3) is 11.5 Å². The molecule has 0 radical (unpaired) electrons. The first-order valence-corrected chi connectivity index (χ1v) is 5.74. The minimum absolute atomic E-state index is 0.0665. The summed E-state index contributed by atoms with van der Waals surface area (Å²) in [4.78, 5) is 3.91. The zero-order valence-corrected chi connectivity index (χ0v) is 10.4. The smallest absolute Gasteiger partial charge is 0.249 e. The van der Waals surface area contributed by atoms with Crippen LogP contribution < -0.4 is 5.32 Å². The fourth-order valence-electron chi connectivity index (χ4n) is 1.54. The Bertz CT molecular complexity index is 496. The van der Waals surface area contributed by atoms with Crippen molar-refractivity contribution in [3.63, 3.8) is 0 Å². The van der Waals surface area contributed by atoms with Crippen molar-refractivity contribution < 1.29 is 4.42 Å². The monoisotopic (exact) mass is 252 g/mol. The second-order valence-corrected chi connectivity index (χ2v) is 3.96. The summed E-state index contributed by atoms with van der Waals surface area (Å²) in [6.07, 6.45) is 4.07. The van der Waals surface area contributed by atoms with E-state index in [1.165, 1.54) is 0 Å². The fraction of sp³-hybridized carbons (Fsp3) is 0.364. The van der Waals surface area contributed by atoms with Gasteiger partial charge < -0.3 is 9.73 Å². The van der Waals surface area contributed by atoms with Gasteiger partial charge in [-0.25, -0.2) is 0 Å². The van der Waals surface area contributed by atoms with Crippen LogP contribution in [0.3, 0.4) is 0 Å². The molecular weight excluding hydrogens is 240 g/mol. The van der Waals surface area contributed by atoms with Crippen molar-refractivity contribution in [2.75, 3.05) is 7.05 Å². The Morgan fingerprint density at radius 1 is 1.47 bits per heavy atom. The number of hydrogen-bond acceptors (Lipinski definition) is 5. The standard InChI is InChI=1S/C11H13ClN4O/c1-3-9(13-2)11-16-15-10(17-11)7-4-5-14-6-8(7)12/h4-6,9,13H,3H2,1-2H3. The predicted octanol–water partition coefficient (Wildman–Crippen LogP) is 2.46. The summed E-state index contributed by atoms with van der Waals surface area (Å²) < 4.78 is 5.60. The molecule has 2 rings (SSSR count). The number of halogens is 1. The van der Waals surface area contributed by atoms with Gasteiger partial charge in [0.05, 0.1) is 16.6 Å². The van der Waals surface area contributed by atoms with Crippen LogP contribution in [0.4, 0.5) is 0 Å². The highest BCUT2D eigenvalue weighted by Crippen LogP contribution is 2.27. The summed E-state index contributed by atoms with van der Waals surface area (Å²) in [6, 6.07) is 1.82. The number of aromatic nitrogens is 3. The van der Waals surface area contributed by atoms with E-state index in [2.05, 4.69) is 20.5 Å². The summed E-state index contributed by atoms with van der Waals surface area (Å²) in [7, 11) is 1.86. The molecule has 0 saturated carbocycles. The van der Waals surface area contributed by atoms with Crippen LogP contribution in [0.15, 0.2) is 22.9 Å². The Labute approximate surface area is 104 Å². The number of hydrogen-bond donors (Lipinski definition) is 1. The second kappa shape index (κ2) is 5.25. The molecule has 0 aromatic carbocycles. The van der Waals surface area contributed by atoms with E-state index in [1.54, 1.807) is 18.5 Å². The zero-order chi connectivity index (χ0) is 12.3. The molecule has 90 valence electrons. The van der Waals surface area contributed by atoms with E-state index in [4.69, 9.17) is 16.0 Å². The van der Waals surface area contributed by atoms with E-state index in [0.717, 1.165) is 6.42 Å². The van der Waals surface area contributed by atoms with Gasteiger partial charge in [-0.3, -0.25) is 4.98 Å². The van der Waals surface area contributed by atoms with Gasteiger partial charge in [0.15, 0.2) is 0 Å². The van der Waals surface area contributed by atoms with Gasteiger partial charge in [-0.1, -0.05) is 18.5 Å². The van der Waals surface area contributed by atoms with Crippen molar-refractivity contribution in [3.05, 3.63) is 29.4 Å². The molecule has 0 aliphatic carbocycles. The SMILES string of the molecule is CCC(NC)c1nnc(-c2ccncc2Cl)o1. The van der Waals surface area contributed by atoms with Crippen LogP contribution in [0.1, 0.15) is 25.3 Å². The fourth-order valence-corrected chi connectivity index (χ4v) is 1.74. The Morgan fingerprint density at radius 2 is 2.29 bits per heavy atom.